The number of phenolic OH excluding ortho intramolecular Hbond substituents is 3. The lowest BCUT2D eigenvalue weighted by Crippen LogP contribution is -1.89. The van der Waals surface area contributed by atoms with Crippen LogP contribution < -0.4 is 0 Å². The first-order valence-corrected chi connectivity index (χ1v) is 11.5. The third-order valence-electron chi connectivity index (χ3n) is 5.99. The fraction of sp³-hybridized carbons (Fsp3) is 0.200. The van der Waals surface area contributed by atoms with Gasteiger partial charge in [0.15, 0.2) is 0 Å². The van der Waals surface area contributed by atoms with Gasteiger partial charge in [-0.25, -0.2) is 9.97 Å². The molecule has 35 heavy (non-hydrogen) atoms. The second kappa shape index (κ2) is 10.9. The van der Waals surface area contributed by atoms with Crippen molar-refractivity contribution in [2.24, 2.45) is 0 Å². The molecule has 180 valence electrons. The van der Waals surface area contributed by atoms with Crippen molar-refractivity contribution in [2.75, 3.05) is 0 Å². The molecule has 0 spiro atoms. The van der Waals surface area contributed by atoms with Crippen LogP contribution in [0.15, 0.2) is 66.7 Å². The van der Waals surface area contributed by atoms with E-state index < -0.39 is 0 Å². The van der Waals surface area contributed by atoms with Crippen molar-refractivity contribution in [3.8, 4) is 17.2 Å². The highest BCUT2D eigenvalue weighted by atomic mass is 16.3. The second-order valence-electron chi connectivity index (χ2n) is 8.71. The Morgan fingerprint density at radius 1 is 0.514 bits per heavy atom. The molecule has 5 aromatic rings. The molecule has 0 amide bonds. The molecule has 0 radical (unpaired) electrons. The molecule has 0 aliphatic rings. The zero-order valence-corrected chi connectivity index (χ0v) is 21.1. The maximum atomic E-state index is 9.51. The molecule has 5 rings (SSSR count). The summed E-state index contributed by atoms with van der Waals surface area (Å²) in [5.41, 5.74) is 7.60. The molecule has 3 aromatic carbocycles. The summed E-state index contributed by atoms with van der Waals surface area (Å²) in [6, 6.07) is 20.6. The number of rotatable bonds is 0. The van der Waals surface area contributed by atoms with E-state index in [1.54, 1.807) is 12.1 Å². The standard InChI is InChI=1S/2C10H9NO.C10H14O/c2*1-7-5-6-8-3-2-4-9(12)10(8)11-7;1-6-5-7(2)10(11)9(4)8(6)3/h2*2-6,12H,1H3;5,11H,1-4H3. The van der Waals surface area contributed by atoms with Crippen molar-refractivity contribution in [1.82, 2.24) is 9.97 Å². The van der Waals surface area contributed by atoms with E-state index in [0.717, 1.165) is 33.3 Å². The molecule has 2 aromatic heterocycles. The third-order valence-corrected chi connectivity index (χ3v) is 5.99. The van der Waals surface area contributed by atoms with E-state index in [0.29, 0.717) is 16.8 Å². The highest BCUT2D eigenvalue weighted by Gasteiger charge is 2.05. The fourth-order valence-corrected chi connectivity index (χ4v) is 3.73. The van der Waals surface area contributed by atoms with Gasteiger partial charge in [-0.05, 0) is 88.1 Å². The zero-order chi connectivity index (χ0) is 25.7. The normalized spacial score (nSPS) is 10.3. The largest absolute Gasteiger partial charge is 0.507 e. The van der Waals surface area contributed by atoms with Gasteiger partial charge in [-0.1, -0.05) is 42.5 Å². The number of aromatic nitrogens is 2. The summed E-state index contributed by atoms with van der Waals surface area (Å²) in [4.78, 5) is 8.45. The maximum Gasteiger partial charge on any atom is 0.141 e. The number of hydrogen-bond donors (Lipinski definition) is 3. The molecule has 0 aliphatic heterocycles. The van der Waals surface area contributed by atoms with Crippen LogP contribution in [-0.2, 0) is 0 Å². The van der Waals surface area contributed by atoms with Gasteiger partial charge in [0.1, 0.15) is 28.3 Å². The SMILES string of the molecule is Cc1cc(C)c(O)c(C)c1C.Cc1ccc2cccc(O)c2n1.Cc1ccc2cccc(O)c2n1. The Kier molecular flexibility index (Phi) is 7.92. The minimum absolute atomic E-state index is 0.246. The van der Waals surface area contributed by atoms with Crippen LogP contribution >= 0.6 is 0 Å². The van der Waals surface area contributed by atoms with Crippen molar-refractivity contribution in [3.05, 3.63) is 100 Å². The average Bonchev–Trinajstić information content (AvgIpc) is 2.83. The van der Waals surface area contributed by atoms with Crippen molar-refractivity contribution in [2.45, 2.75) is 41.5 Å². The molecular formula is C30H32N2O3. The lowest BCUT2D eigenvalue weighted by atomic mass is 10.00. The molecule has 0 aliphatic carbocycles. The van der Waals surface area contributed by atoms with Gasteiger partial charge in [0.2, 0.25) is 0 Å². The Morgan fingerprint density at radius 3 is 1.43 bits per heavy atom. The first-order chi connectivity index (χ1) is 16.6. The van der Waals surface area contributed by atoms with E-state index in [-0.39, 0.29) is 11.5 Å². The number of pyridine rings is 2. The number of aromatic hydroxyl groups is 3. The molecule has 0 saturated heterocycles. The van der Waals surface area contributed by atoms with E-state index in [1.165, 1.54) is 11.1 Å². The number of phenols is 3. The van der Waals surface area contributed by atoms with Crippen LogP contribution in [0.1, 0.15) is 33.6 Å². The minimum Gasteiger partial charge on any atom is -0.507 e. The molecule has 0 atom stereocenters. The molecular weight excluding hydrogens is 436 g/mol. The summed E-state index contributed by atoms with van der Waals surface area (Å²) in [6.45, 7) is 11.8. The lowest BCUT2D eigenvalue weighted by Gasteiger charge is -2.09. The van der Waals surface area contributed by atoms with Gasteiger partial charge < -0.3 is 15.3 Å². The smallest absolute Gasteiger partial charge is 0.141 e. The predicted octanol–water partition coefficient (Wildman–Crippen LogP) is 7.12. The van der Waals surface area contributed by atoms with Crippen LogP contribution in [0.3, 0.4) is 0 Å². The van der Waals surface area contributed by atoms with Gasteiger partial charge in [-0.3, -0.25) is 0 Å². The Hall–Kier alpha value is -4.12. The fourth-order valence-electron chi connectivity index (χ4n) is 3.73. The van der Waals surface area contributed by atoms with Crippen molar-refractivity contribution in [3.63, 3.8) is 0 Å². The van der Waals surface area contributed by atoms with Crippen LogP contribution in [0.4, 0.5) is 0 Å². The highest BCUT2D eigenvalue weighted by molar-refractivity contribution is 5.84. The number of hydrogen-bond acceptors (Lipinski definition) is 5. The van der Waals surface area contributed by atoms with E-state index in [2.05, 4.69) is 16.9 Å². The third kappa shape index (κ3) is 6.07. The molecule has 3 N–H and O–H groups in total. The number of benzene rings is 3. The Balaban J connectivity index is 0.000000147. The van der Waals surface area contributed by atoms with Gasteiger partial charge in [0, 0.05) is 22.2 Å². The van der Waals surface area contributed by atoms with E-state index in [9.17, 15) is 15.3 Å². The molecule has 0 fully saturated rings. The first kappa shape index (κ1) is 25.5. The van der Waals surface area contributed by atoms with Crippen LogP contribution in [0.25, 0.3) is 21.8 Å². The average molecular weight is 469 g/mol. The summed E-state index contributed by atoms with van der Waals surface area (Å²) in [5.74, 6) is 0.931. The maximum absolute atomic E-state index is 9.51. The Bertz CT molecular complexity index is 1380. The van der Waals surface area contributed by atoms with Crippen LogP contribution in [0.5, 0.6) is 17.2 Å². The molecule has 5 heteroatoms. The molecule has 0 saturated carbocycles. The quantitative estimate of drug-likeness (QED) is 0.225. The van der Waals surface area contributed by atoms with Crippen molar-refractivity contribution in [1.29, 1.82) is 0 Å². The number of nitrogens with zero attached hydrogens (tertiary/aromatic N) is 2. The summed E-state index contributed by atoms with van der Waals surface area (Å²) >= 11 is 0. The highest BCUT2D eigenvalue weighted by Crippen LogP contribution is 2.26. The summed E-state index contributed by atoms with van der Waals surface area (Å²) < 4.78 is 0. The lowest BCUT2D eigenvalue weighted by molar-refractivity contribution is 0.466. The monoisotopic (exact) mass is 468 g/mol. The van der Waals surface area contributed by atoms with Gasteiger partial charge >= 0.3 is 0 Å². The number of aryl methyl sites for hydroxylation is 4. The number of fused-ring (bicyclic) bond motifs is 2. The molecule has 2 heterocycles. The summed E-state index contributed by atoms with van der Waals surface area (Å²) in [6.07, 6.45) is 0. The first-order valence-electron chi connectivity index (χ1n) is 11.5. The van der Waals surface area contributed by atoms with Crippen molar-refractivity contribution >= 4 is 21.8 Å². The zero-order valence-electron chi connectivity index (χ0n) is 21.1. The molecule has 0 bridgehead atoms. The second-order valence-corrected chi connectivity index (χ2v) is 8.71. The van der Waals surface area contributed by atoms with Gasteiger partial charge in [-0.2, -0.15) is 0 Å². The van der Waals surface area contributed by atoms with Crippen LogP contribution in [0.2, 0.25) is 0 Å². The van der Waals surface area contributed by atoms with E-state index >= 15 is 0 Å². The van der Waals surface area contributed by atoms with Crippen LogP contribution in [-0.4, -0.2) is 25.3 Å². The Labute approximate surface area is 206 Å². The van der Waals surface area contributed by atoms with E-state index in [1.807, 2.05) is 89.2 Å². The van der Waals surface area contributed by atoms with Crippen molar-refractivity contribution < 1.29 is 15.3 Å². The molecule has 0 unspecified atom stereocenters. The number of para-hydroxylation sites is 2. The topological polar surface area (TPSA) is 86.5 Å². The van der Waals surface area contributed by atoms with Gasteiger partial charge in [0.25, 0.3) is 0 Å². The summed E-state index contributed by atoms with van der Waals surface area (Å²) in [5, 5.41) is 30.3. The van der Waals surface area contributed by atoms with Gasteiger partial charge in [0.05, 0.1) is 0 Å². The van der Waals surface area contributed by atoms with Gasteiger partial charge in [-0.15, -0.1) is 0 Å². The van der Waals surface area contributed by atoms with E-state index in [4.69, 9.17) is 0 Å². The predicted molar refractivity (Wildman–Crippen MR) is 143 cm³/mol. The minimum atomic E-state index is 0.246. The summed E-state index contributed by atoms with van der Waals surface area (Å²) in [7, 11) is 0. The molecule has 5 nitrogen and oxygen atoms in total. The Morgan fingerprint density at radius 2 is 0.971 bits per heavy atom. The van der Waals surface area contributed by atoms with Crippen LogP contribution in [0, 0.1) is 41.5 Å².